The summed E-state index contributed by atoms with van der Waals surface area (Å²) in [6.45, 7) is 4.68. The molecule has 28 heavy (non-hydrogen) atoms. The van der Waals surface area contributed by atoms with E-state index >= 15 is 0 Å². The molecule has 1 amide bonds. The van der Waals surface area contributed by atoms with Crippen LogP contribution >= 0.6 is 0 Å². The van der Waals surface area contributed by atoms with Crippen molar-refractivity contribution < 1.29 is 18.7 Å². The van der Waals surface area contributed by atoms with Gasteiger partial charge in [0.25, 0.3) is 5.91 Å². The molecule has 0 radical (unpaired) electrons. The smallest absolute Gasteiger partial charge is 0.291 e. The predicted molar refractivity (Wildman–Crippen MR) is 102 cm³/mol. The molecule has 0 N–H and O–H groups in total. The second kappa shape index (κ2) is 8.31. The first kappa shape index (κ1) is 18.9. The minimum absolute atomic E-state index is 0.0667. The first-order valence-electron chi connectivity index (χ1n) is 10.0. The fourth-order valence-electron chi connectivity index (χ4n) is 4.27. The summed E-state index contributed by atoms with van der Waals surface area (Å²) in [7, 11) is 0. The molecular formula is C21H27N3O4. The van der Waals surface area contributed by atoms with Gasteiger partial charge in [0.05, 0.1) is 17.9 Å². The molecule has 0 bridgehead atoms. The summed E-state index contributed by atoms with van der Waals surface area (Å²) < 4.78 is 17.3. The van der Waals surface area contributed by atoms with Crippen LogP contribution in [0.15, 0.2) is 35.3 Å². The number of oxazole rings is 1. The van der Waals surface area contributed by atoms with Crippen molar-refractivity contribution in [3.63, 3.8) is 0 Å². The maximum absolute atomic E-state index is 12.6. The van der Waals surface area contributed by atoms with E-state index in [2.05, 4.69) is 9.97 Å². The van der Waals surface area contributed by atoms with Gasteiger partial charge in [-0.05, 0) is 57.1 Å². The van der Waals surface area contributed by atoms with Gasteiger partial charge in [-0.25, -0.2) is 4.98 Å². The van der Waals surface area contributed by atoms with Crippen molar-refractivity contribution in [1.82, 2.24) is 14.9 Å². The fourth-order valence-corrected chi connectivity index (χ4v) is 4.27. The molecule has 2 fully saturated rings. The Bertz CT molecular complexity index is 784. The third kappa shape index (κ3) is 4.19. The summed E-state index contributed by atoms with van der Waals surface area (Å²) >= 11 is 0. The summed E-state index contributed by atoms with van der Waals surface area (Å²) in [5.41, 5.74) is 0.542. The van der Waals surface area contributed by atoms with Crippen LogP contribution in [0.1, 0.15) is 48.4 Å². The Morgan fingerprint density at radius 2 is 2.11 bits per heavy atom. The molecule has 2 aromatic rings. The monoisotopic (exact) mass is 385 g/mol. The average molecular weight is 385 g/mol. The van der Waals surface area contributed by atoms with Gasteiger partial charge in [0, 0.05) is 32.1 Å². The zero-order valence-electron chi connectivity index (χ0n) is 16.3. The largest absolute Gasteiger partial charge is 0.493 e. The van der Waals surface area contributed by atoms with Crippen LogP contribution in [0.3, 0.4) is 0 Å². The highest BCUT2D eigenvalue weighted by atomic mass is 16.5. The normalized spacial score (nSPS) is 21.6. The maximum atomic E-state index is 12.6. The number of amides is 1. The fraction of sp³-hybridized carbons (Fsp3) is 0.571. The molecule has 0 aliphatic carbocycles. The molecule has 4 heterocycles. The molecular weight excluding hydrogens is 358 g/mol. The van der Waals surface area contributed by atoms with Gasteiger partial charge in [0.2, 0.25) is 5.76 Å². The van der Waals surface area contributed by atoms with Crippen LogP contribution in [0, 0.1) is 12.8 Å². The zero-order chi connectivity index (χ0) is 19.4. The van der Waals surface area contributed by atoms with Crippen LogP contribution in [0.25, 0.3) is 0 Å². The van der Waals surface area contributed by atoms with Crippen LogP contribution in [-0.2, 0) is 4.74 Å². The van der Waals surface area contributed by atoms with Crippen LogP contribution in [0.4, 0.5) is 0 Å². The number of nitrogens with zero attached hydrogens (tertiary/aromatic N) is 3. The summed E-state index contributed by atoms with van der Waals surface area (Å²) in [5, 5.41) is 0. The molecule has 4 rings (SSSR count). The second-order valence-electron chi connectivity index (χ2n) is 7.77. The molecule has 1 spiro atoms. The molecule has 1 atom stereocenters. The van der Waals surface area contributed by atoms with E-state index in [-0.39, 0.29) is 11.5 Å². The number of carbonyl (C=O) groups excluding carboxylic acids is 1. The van der Waals surface area contributed by atoms with Crippen molar-refractivity contribution in [3.8, 4) is 5.75 Å². The van der Waals surface area contributed by atoms with Crippen molar-refractivity contribution in [2.45, 2.75) is 44.6 Å². The van der Waals surface area contributed by atoms with Crippen LogP contribution in [0.5, 0.6) is 5.75 Å². The quantitative estimate of drug-likeness (QED) is 0.786. The molecule has 2 aliphatic rings. The maximum Gasteiger partial charge on any atom is 0.291 e. The number of piperidine rings is 1. The number of hydrogen-bond acceptors (Lipinski definition) is 6. The van der Waals surface area contributed by atoms with Crippen LogP contribution in [-0.4, -0.2) is 52.7 Å². The van der Waals surface area contributed by atoms with Crippen molar-refractivity contribution in [1.29, 1.82) is 0 Å². The molecule has 1 unspecified atom stereocenters. The zero-order valence-corrected chi connectivity index (χ0v) is 16.3. The number of ether oxygens (including phenoxy) is 2. The summed E-state index contributed by atoms with van der Waals surface area (Å²) in [6.07, 6.45) is 9.69. The molecule has 7 heteroatoms. The van der Waals surface area contributed by atoms with Gasteiger partial charge in [-0.2, -0.15) is 0 Å². The summed E-state index contributed by atoms with van der Waals surface area (Å²) in [6, 6.07) is 3.77. The van der Waals surface area contributed by atoms with Crippen molar-refractivity contribution >= 4 is 5.91 Å². The van der Waals surface area contributed by atoms with Gasteiger partial charge in [0.1, 0.15) is 5.75 Å². The van der Waals surface area contributed by atoms with E-state index in [1.165, 1.54) is 6.39 Å². The Kier molecular flexibility index (Phi) is 5.62. The van der Waals surface area contributed by atoms with Crippen molar-refractivity contribution in [3.05, 3.63) is 42.4 Å². The molecule has 2 aliphatic heterocycles. The standard InChI is InChI=1S/C21H27N3O4/c1-16-19(27-15-23-16)20(25)24-10-6-21(7-11-24)14-17(5-13-28-21)4-12-26-18-2-8-22-9-3-18/h2-3,8-9,15,17H,4-7,10-14H2,1H3. The first-order valence-corrected chi connectivity index (χ1v) is 10.0. The topological polar surface area (TPSA) is 77.7 Å². The summed E-state index contributed by atoms with van der Waals surface area (Å²) in [5.74, 6) is 1.75. The van der Waals surface area contributed by atoms with Gasteiger partial charge < -0.3 is 18.8 Å². The van der Waals surface area contributed by atoms with E-state index in [0.717, 1.165) is 44.5 Å². The van der Waals surface area contributed by atoms with Crippen LogP contribution < -0.4 is 4.74 Å². The molecule has 0 aromatic carbocycles. The van der Waals surface area contributed by atoms with Gasteiger partial charge in [-0.15, -0.1) is 0 Å². The minimum Gasteiger partial charge on any atom is -0.493 e. The van der Waals surface area contributed by atoms with E-state index in [9.17, 15) is 4.79 Å². The Morgan fingerprint density at radius 3 is 2.82 bits per heavy atom. The lowest BCUT2D eigenvalue weighted by atomic mass is 9.78. The average Bonchev–Trinajstić information content (AvgIpc) is 3.15. The van der Waals surface area contributed by atoms with Crippen LogP contribution in [0.2, 0.25) is 0 Å². The number of likely N-dealkylation sites (tertiary alicyclic amines) is 1. The predicted octanol–water partition coefficient (Wildman–Crippen LogP) is 3.25. The molecule has 2 saturated heterocycles. The van der Waals surface area contributed by atoms with E-state index in [4.69, 9.17) is 13.9 Å². The number of carbonyl (C=O) groups is 1. The number of pyridine rings is 1. The highest BCUT2D eigenvalue weighted by Gasteiger charge is 2.41. The SMILES string of the molecule is Cc1ncoc1C(=O)N1CCC2(CC1)CC(CCOc1ccncc1)CCO2. The first-order chi connectivity index (χ1) is 13.7. The van der Waals surface area contributed by atoms with Crippen molar-refractivity contribution in [2.75, 3.05) is 26.3 Å². The summed E-state index contributed by atoms with van der Waals surface area (Å²) in [4.78, 5) is 22.5. The van der Waals surface area contributed by atoms with E-state index in [1.807, 2.05) is 17.0 Å². The number of rotatable bonds is 5. The Hall–Kier alpha value is -2.41. The number of aromatic nitrogens is 2. The Labute approximate surface area is 165 Å². The molecule has 0 saturated carbocycles. The molecule has 7 nitrogen and oxygen atoms in total. The third-order valence-corrected chi connectivity index (χ3v) is 5.94. The van der Waals surface area contributed by atoms with Gasteiger partial charge in [0.15, 0.2) is 6.39 Å². The van der Waals surface area contributed by atoms with Gasteiger partial charge in [-0.3, -0.25) is 9.78 Å². The Morgan fingerprint density at radius 1 is 1.32 bits per heavy atom. The minimum atomic E-state index is -0.104. The van der Waals surface area contributed by atoms with Gasteiger partial charge in [-0.1, -0.05) is 0 Å². The lowest BCUT2D eigenvalue weighted by Gasteiger charge is -2.46. The highest BCUT2D eigenvalue weighted by Crippen LogP contribution is 2.39. The molecule has 2 aromatic heterocycles. The number of hydrogen-bond donors (Lipinski definition) is 0. The number of aryl methyl sites for hydroxylation is 1. The lowest BCUT2D eigenvalue weighted by Crippen LogP contribution is -2.51. The van der Waals surface area contributed by atoms with E-state index in [1.54, 1.807) is 19.3 Å². The van der Waals surface area contributed by atoms with E-state index in [0.29, 0.717) is 37.1 Å². The van der Waals surface area contributed by atoms with Crippen molar-refractivity contribution in [2.24, 2.45) is 5.92 Å². The second-order valence-corrected chi connectivity index (χ2v) is 7.77. The lowest BCUT2D eigenvalue weighted by molar-refractivity contribution is -0.125. The van der Waals surface area contributed by atoms with Gasteiger partial charge >= 0.3 is 0 Å². The third-order valence-electron chi connectivity index (χ3n) is 5.94. The molecule has 150 valence electrons. The van der Waals surface area contributed by atoms with E-state index < -0.39 is 0 Å². The highest BCUT2D eigenvalue weighted by molar-refractivity contribution is 5.92. The Balaban J connectivity index is 1.27.